The smallest absolute Gasteiger partial charge is 0.305 e. The highest BCUT2D eigenvalue weighted by Gasteiger charge is 2.18. The van der Waals surface area contributed by atoms with E-state index < -0.39 is 12.0 Å². The lowest BCUT2D eigenvalue weighted by Gasteiger charge is -2.20. The van der Waals surface area contributed by atoms with E-state index in [-0.39, 0.29) is 18.9 Å². The number of rotatable bonds is 6. The maximum absolute atomic E-state index is 11.9. The third kappa shape index (κ3) is 4.55. The minimum atomic E-state index is -0.925. The maximum atomic E-state index is 11.9. The monoisotopic (exact) mass is 250 g/mol. The number of amides is 1. The summed E-state index contributed by atoms with van der Waals surface area (Å²) in [4.78, 5) is 23.6. The number of carbonyl (C=O) groups is 2. The number of likely N-dealkylation sites (N-methyl/N-ethyl adjacent to an activating group) is 1. The molecule has 0 fully saturated rings. The van der Waals surface area contributed by atoms with Crippen LogP contribution in [0.4, 0.5) is 0 Å². The summed E-state index contributed by atoms with van der Waals surface area (Å²) in [5.41, 5.74) is 6.81. The number of carboxylic acid groups (broad SMARTS) is 1. The van der Waals surface area contributed by atoms with Gasteiger partial charge in [-0.1, -0.05) is 30.3 Å². The van der Waals surface area contributed by atoms with E-state index in [0.29, 0.717) is 6.42 Å². The SMILES string of the molecule is CN(CCC(=O)O)C(=O)[C@@H](N)Cc1ccccc1. The molecule has 3 N–H and O–H groups in total. The van der Waals surface area contributed by atoms with Gasteiger partial charge in [-0.15, -0.1) is 0 Å². The van der Waals surface area contributed by atoms with Crippen LogP contribution in [0.2, 0.25) is 0 Å². The van der Waals surface area contributed by atoms with E-state index in [4.69, 9.17) is 10.8 Å². The fourth-order valence-corrected chi connectivity index (χ4v) is 1.61. The van der Waals surface area contributed by atoms with Crippen LogP contribution in [0.5, 0.6) is 0 Å². The minimum Gasteiger partial charge on any atom is -0.481 e. The minimum absolute atomic E-state index is 0.0691. The van der Waals surface area contributed by atoms with E-state index in [0.717, 1.165) is 5.56 Å². The number of hydrogen-bond acceptors (Lipinski definition) is 3. The molecule has 18 heavy (non-hydrogen) atoms. The van der Waals surface area contributed by atoms with Crippen molar-refractivity contribution < 1.29 is 14.7 Å². The van der Waals surface area contributed by atoms with Crippen molar-refractivity contribution in [1.29, 1.82) is 0 Å². The predicted octanol–water partition coefficient (Wildman–Crippen LogP) is 0.490. The molecule has 0 aliphatic carbocycles. The van der Waals surface area contributed by atoms with Crippen LogP contribution in [0.1, 0.15) is 12.0 Å². The van der Waals surface area contributed by atoms with E-state index in [9.17, 15) is 9.59 Å². The molecule has 98 valence electrons. The Morgan fingerprint density at radius 1 is 1.33 bits per heavy atom. The van der Waals surface area contributed by atoms with Crippen LogP contribution in [-0.4, -0.2) is 41.5 Å². The van der Waals surface area contributed by atoms with E-state index in [1.165, 1.54) is 4.90 Å². The Balaban J connectivity index is 2.48. The molecule has 1 aromatic rings. The van der Waals surface area contributed by atoms with Crippen molar-refractivity contribution in [1.82, 2.24) is 4.90 Å². The molecule has 0 radical (unpaired) electrons. The van der Waals surface area contributed by atoms with Crippen molar-refractivity contribution in [2.24, 2.45) is 5.73 Å². The number of carboxylic acids is 1. The molecule has 0 spiro atoms. The number of carbonyl (C=O) groups excluding carboxylic acids is 1. The Labute approximate surface area is 106 Å². The third-order valence-corrected chi connectivity index (χ3v) is 2.65. The topological polar surface area (TPSA) is 83.6 Å². The van der Waals surface area contributed by atoms with Crippen LogP contribution in [0.3, 0.4) is 0 Å². The Bertz CT molecular complexity index is 406. The van der Waals surface area contributed by atoms with Crippen LogP contribution in [0, 0.1) is 0 Å². The molecule has 0 heterocycles. The van der Waals surface area contributed by atoms with Crippen LogP contribution < -0.4 is 5.73 Å². The lowest BCUT2D eigenvalue weighted by atomic mass is 10.1. The first-order chi connectivity index (χ1) is 8.50. The molecule has 5 nitrogen and oxygen atoms in total. The Morgan fingerprint density at radius 2 is 1.94 bits per heavy atom. The summed E-state index contributed by atoms with van der Waals surface area (Å²) < 4.78 is 0. The lowest BCUT2D eigenvalue weighted by molar-refractivity contribution is -0.138. The summed E-state index contributed by atoms with van der Waals surface area (Å²) in [6, 6.07) is 8.86. The second-order valence-electron chi connectivity index (χ2n) is 4.20. The molecule has 1 rings (SSSR count). The van der Waals surface area contributed by atoms with Gasteiger partial charge in [0, 0.05) is 13.6 Å². The van der Waals surface area contributed by atoms with E-state index in [1.54, 1.807) is 7.05 Å². The van der Waals surface area contributed by atoms with E-state index in [1.807, 2.05) is 30.3 Å². The molecule has 1 aromatic carbocycles. The van der Waals surface area contributed by atoms with Crippen LogP contribution >= 0.6 is 0 Å². The average molecular weight is 250 g/mol. The Kier molecular flexibility index (Phi) is 5.32. The van der Waals surface area contributed by atoms with Gasteiger partial charge in [-0.3, -0.25) is 9.59 Å². The molecular weight excluding hydrogens is 232 g/mol. The first-order valence-corrected chi connectivity index (χ1v) is 5.77. The summed E-state index contributed by atoms with van der Waals surface area (Å²) in [6.07, 6.45) is 0.386. The summed E-state index contributed by atoms with van der Waals surface area (Å²) in [6.45, 7) is 0.177. The molecule has 0 saturated heterocycles. The zero-order valence-electron chi connectivity index (χ0n) is 10.4. The fourth-order valence-electron chi connectivity index (χ4n) is 1.61. The number of nitrogens with two attached hydrogens (primary N) is 1. The Hall–Kier alpha value is -1.88. The molecule has 0 unspecified atom stereocenters. The van der Waals surface area contributed by atoms with Gasteiger partial charge in [-0.2, -0.15) is 0 Å². The van der Waals surface area contributed by atoms with Gasteiger partial charge >= 0.3 is 5.97 Å². The highest BCUT2D eigenvalue weighted by molar-refractivity contribution is 5.82. The molecule has 1 amide bonds. The van der Waals surface area contributed by atoms with Crippen LogP contribution in [-0.2, 0) is 16.0 Å². The summed E-state index contributed by atoms with van der Waals surface area (Å²) in [7, 11) is 1.57. The van der Waals surface area contributed by atoms with Gasteiger partial charge in [0.05, 0.1) is 12.5 Å². The van der Waals surface area contributed by atoms with Gasteiger partial charge in [-0.05, 0) is 12.0 Å². The molecule has 0 aliphatic rings. The number of aliphatic carboxylic acids is 1. The van der Waals surface area contributed by atoms with Gasteiger partial charge in [0.15, 0.2) is 0 Å². The van der Waals surface area contributed by atoms with Crippen molar-refractivity contribution >= 4 is 11.9 Å². The highest BCUT2D eigenvalue weighted by Crippen LogP contribution is 2.04. The van der Waals surface area contributed by atoms with Gasteiger partial charge in [0.1, 0.15) is 0 Å². The molecule has 0 aromatic heterocycles. The van der Waals surface area contributed by atoms with Gasteiger partial charge in [0.2, 0.25) is 5.91 Å². The maximum Gasteiger partial charge on any atom is 0.305 e. The zero-order valence-corrected chi connectivity index (χ0v) is 10.4. The summed E-state index contributed by atoms with van der Waals surface area (Å²) in [5, 5.41) is 8.55. The first kappa shape index (κ1) is 14.2. The molecule has 1 atom stereocenters. The van der Waals surface area contributed by atoms with Gasteiger partial charge in [0.25, 0.3) is 0 Å². The molecule has 0 saturated carbocycles. The lowest BCUT2D eigenvalue weighted by Crippen LogP contribution is -2.43. The van der Waals surface area contributed by atoms with Gasteiger partial charge in [-0.25, -0.2) is 0 Å². The van der Waals surface area contributed by atoms with Crippen molar-refractivity contribution in [3.05, 3.63) is 35.9 Å². The fraction of sp³-hybridized carbons (Fsp3) is 0.385. The summed E-state index contributed by atoms with van der Waals surface area (Å²) in [5.74, 6) is -1.16. The van der Waals surface area contributed by atoms with Crippen molar-refractivity contribution in [2.45, 2.75) is 18.9 Å². The molecule has 0 aliphatic heterocycles. The summed E-state index contributed by atoms with van der Waals surface area (Å²) >= 11 is 0. The third-order valence-electron chi connectivity index (χ3n) is 2.65. The Morgan fingerprint density at radius 3 is 2.50 bits per heavy atom. The number of benzene rings is 1. The number of hydrogen-bond donors (Lipinski definition) is 2. The molecule has 0 bridgehead atoms. The largest absolute Gasteiger partial charge is 0.481 e. The predicted molar refractivity (Wildman–Crippen MR) is 68.0 cm³/mol. The van der Waals surface area contributed by atoms with Crippen molar-refractivity contribution in [2.75, 3.05) is 13.6 Å². The normalized spacial score (nSPS) is 11.9. The van der Waals surface area contributed by atoms with E-state index >= 15 is 0 Å². The molecule has 5 heteroatoms. The quantitative estimate of drug-likeness (QED) is 0.769. The number of nitrogens with zero attached hydrogens (tertiary/aromatic N) is 1. The standard InChI is InChI=1S/C13H18N2O3/c1-15(8-7-12(16)17)13(18)11(14)9-10-5-3-2-4-6-10/h2-6,11H,7-9,14H2,1H3,(H,16,17)/t11-/m0/s1. The van der Waals surface area contributed by atoms with Crippen LogP contribution in [0.25, 0.3) is 0 Å². The second-order valence-corrected chi connectivity index (χ2v) is 4.20. The second kappa shape index (κ2) is 6.76. The van der Waals surface area contributed by atoms with Crippen molar-refractivity contribution in [3.63, 3.8) is 0 Å². The van der Waals surface area contributed by atoms with E-state index in [2.05, 4.69) is 0 Å². The molecular formula is C13H18N2O3. The average Bonchev–Trinajstić information content (AvgIpc) is 2.36. The zero-order chi connectivity index (χ0) is 13.5. The van der Waals surface area contributed by atoms with Crippen molar-refractivity contribution in [3.8, 4) is 0 Å². The van der Waals surface area contributed by atoms with Gasteiger partial charge < -0.3 is 15.7 Å². The highest BCUT2D eigenvalue weighted by atomic mass is 16.4. The van der Waals surface area contributed by atoms with Crippen LogP contribution in [0.15, 0.2) is 30.3 Å². The first-order valence-electron chi connectivity index (χ1n) is 5.77.